The van der Waals surface area contributed by atoms with Gasteiger partial charge in [-0.25, -0.2) is 0 Å². The van der Waals surface area contributed by atoms with E-state index >= 15 is 0 Å². The summed E-state index contributed by atoms with van der Waals surface area (Å²) in [6.45, 7) is 6.26. The quantitative estimate of drug-likeness (QED) is 0.515. The van der Waals surface area contributed by atoms with Crippen molar-refractivity contribution in [3.63, 3.8) is 0 Å². The first-order valence-electron chi connectivity index (χ1n) is 6.97. The average Bonchev–Trinajstić information content (AvgIpc) is 2.25. The predicted molar refractivity (Wildman–Crippen MR) is 70.8 cm³/mol. The molecule has 0 aromatic heterocycles. The number of Topliss-reactive ketones (excluding diaryl/α,β-unsaturated/α-hetero) is 1. The van der Waals surface area contributed by atoms with Crippen LogP contribution in [0.2, 0.25) is 0 Å². The van der Waals surface area contributed by atoms with E-state index < -0.39 is 0 Å². The van der Waals surface area contributed by atoms with Gasteiger partial charge in [0, 0.05) is 6.42 Å². The van der Waals surface area contributed by atoms with Gasteiger partial charge in [-0.2, -0.15) is 0 Å². The fraction of sp³-hybridized carbons (Fsp3) is 0.929. The van der Waals surface area contributed by atoms with Gasteiger partial charge in [-0.1, -0.05) is 39.0 Å². The summed E-state index contributed by atoms with van der Waals surface area (Å²) in [6.07, 6.45) is 10.9. The monoisotopic (exact) mass is 227 g/mol. The molecular weight excluding hydrogens is 198 g/mol. The van der Waals surface area contributed by atoms with Gasteiger partial charge in [0.15, 0.2) is 0 Å². The Morgan fingerprint density at radius 2 is 1.44 bits per heavy atom. The molecule has 0 aromatic carbocycles. The lowest BCUT2D eigenvalue weighted by molar-refractivity contribution is -0.117. The lowest BCUT2D eigenvalue weighted by Crippen LogP contribution is -2.16. The van der Waals surface area contributed by atoms with Crippen LogP contribution in [0.1, 0.15) is 71.6 Å². The van der Waals surface area contributed by atoms with Gasteiger partial charge >= 0.3 is 0 Å². The molecule has 0 spiro atoms. The normalized spacial score (nSPS) is 10.6. The molecular formula is C14H29NO. The summed E-state index contributed by atoms with van der Waals surface area (Å²) in [5, 5.41) is 3.46. The molecule has 0 saturated heterocycles. The molecule has 0 aromatic rings. The van der Waals surface area contributed by atoms with E-state index in [2.05, 4.69) is 12.2 Å². The Morgan fingerprint density at radius 1 is 0.875 bits per heavy atom. The maximum atomic E-state index is 10.7. The minimum absolute atomic E-state index is 0.333. The lowest BCUT2D eigenvalue weighted by Gasteiger charge is -2.03. The van der Waals surface area contributed by atoms with Crippen molar-refractivity contribution < 1.29 is 4.79 Å². The van der Waals surface area contributed by atoms with Crippen molar-refractivity contribution in [2.75, 3.05) is 13.1 Å². The van der Waals surface area contributed by atoms with Crippen molar-refractivity contribution in [3.8, 4) is 0 Å². The summed E-state index contributed by atoms with van der Waals surface area (Å²) >= 11 is 0. The highest BCUT2D eigenvalue weighted by atomic mass is 16.1. The molecule has 0 aliphatic heterocycles. The molecule has 0 atom stereocenters. The minimum Gasteiger partial charge on any atom is -0.317 e. The fourth-order valence-electron chi connectivity index (χ4n) is 1.76. The molecule has 0 heterocycles. The molecule has 2 heteroatoms. The molecule has 0 radical (unpaired) electrons. The fourth-order valence-corrected chi connectivity index (χ4v) is 1.76. The average molecular weight is 227 g/mol. The van der Waals surface area contributed by atoms with Gasteiger partial charge in [0.1, 0.15) is 5.78 Å². The molecule has 0 fully saturated rings. The minimum atomic E-state index is 0.333. The highest BCUT2D eigenvalue weighted by molar-refractivity contribution is 5.75. The van der Waals surface area contributed by atoms with Crippen LogP contribution in [0.15, 0.2) is 0 Å². The first kappa shape index (κ1) is 15.6. The first-order chi connectivity index (χ1) is 7.77. The van der Waals surface area contributed by atoms with Crippen molar-refractivity contribution >= 4 is 5.78 Å². The van der Waals surface area contributed by atoms with Crippen molar-refractivity contribution in [2.45, 2.75) is 71.6 Å². The van der Waals surface area contributed by atoms with Crippen LogP contribution < -0.4 is 5.32 Å². The lowest BCUT2D eigenvalue weighted by atomic mass is 10.1. The first-order valence-corrected chi connectivity index (χ1v) is 6.97. The highest BCUT2D eigenvalue weighted by Crippen LogP contribution is 2.06. The predicted octanol–water partition coefficient (Wildman–Crippen LogP) is 3.70. The summed E-state index contributed by atoms with van der Waals surface area (Å²) < 4.78 is 0. The Hall–Kier alpha value is -0.370. The van der Waals surface area contributed by atoms with Crippen molar-refractivity contribution in [1.82, 2.24) is 5.32 Å². The van der Waals surface area contributed by atoms with E-state index in [1.54, 1.807) is 6.92 Å². The number of nitrogens with one attached hydrogen (secondary N) is 1. The summed E-state index contributed by atoms with van der Waals surface area (Å²) in [7, 11) is 0. The van der Waals surface area contributed by atoms with Crippen LogP contribution in [0.25, 0.3) is 0 Å². The maximum absolute atomic E-state index is 10.7. The van der Waals surface area contributed by atoms with E-state index in [1.807, 2.05) is 0 Å². The van der Waals surface area contributed by atoms with Crippen molar-refractivity contribution in [1.29, 1.82) is 0 Å². The summed E-state index contributed by atoms with van der Waals surface area (Å²) in [5.74, 6) is 0.333. The van der Waals surface area contributed by atoms with Crippen molar-refractivity contribution in [3.05, 3.63) is 0 Å². The third-order valence-electron chi connectivity index (χ3n) is 2.84. The van der Waals surface area contributed by atoms with Gasteiger partial charge in [-0.05, 0) is 39.3 Å². The maximum Gasteiger partial charge on any atom is 0.129 e. The third-order valence-corrected chi connectivity index (χ3v) is 2.84. The number of ketones is 1. The summed E-state index contributed by atoms with van der Waals surface area (Å²) in [5.41, 5.74) is 0. The number of hydrogen-bond acceptors (Lipinski definition) is 2. The van der Waals surface area contributed by atoms with Crippen LogP contribution in [0.4, 0.5) is 0 Å². The van der Waals surface area contributed by atoms with Gasteiger partial charge in [0.2, 0.25) is 0 Å². The highest BCUT2D eigenvalue weighted by Gasteiger charge is 1.94. The molecule has 2 nitrogen and oxygen atoms in total. The van der Waals surface area contributed by atoms with Crippen LogP contribution in [0, 0.1) is 0 Å². The van der Waals surface area contributed by atoms with Gasteiger partial charge in [0.25, 0.3) is 0 Å². The topological polar surface area (TPSA) is 29.1 Å². The second kappa shape index (κ2) is 12.7. The van der Waals surface area contributed by atoms with E-state index in [4.69, 9.17) is 0 Å². The van der Waals surface area contributed by atoms with E-state index in [-0.39, 0.29) is 0 Å². The van der Waals surface area contributed by atoms with E-state index in [0.29, 0.717) is 5.78 Å². The Morgan fingerprint density at radius 3 is 2.06 bits per heavy atom. The molecule has 96 valence electrons. The molecule has 0 rings (SSSR count). The van der Waals surface area contributed by atoms with Gasteiger partial charge in [-0.15, -0.1) is 0 Å². The second-order valence-electron chi connectivity index (χ2n) is 4.68. The number of rotatable bonds is 12. The molecule has 0 aliphatic carbocycles. The van der Waals surface area contributed by atoms with Crippen LogP contribution in [-0.4, -0.2) is 18.9 Å². The van der Waals surface area contributed by atoms with Gasteiger partial charge in [0.05, 0.1) is 0 Å². The smallest absolute Gasteiger partial charge is 0.129 e. The third kappa shape index (κ3) is 13.6. The molecule has 16 heavy (non-hydrogen) atoms. The van der Waals surface area contributed by atoms with E-state index in [1.165, 1.54) is 58.0 Å². The van der Waals surface area contributed by atoms with Gasteiger partial charge < -0.3 is 10.1 Å². The standard InChI is InChI=1S/C14H29NO/c1-3-4-12-15-13-10-8-6-5-7-9-11-14(2)16/h15H,3-13H2,1-2H3. The Bertz CT molecular complexity index is 157. The zero-order chi connectivity index (χ0) is 12.1. The Balaban J connectivity index is 2.90. The van der Waals surface area contributed by atoms with Crippen LogP contribution in [0.5, 0.6) is 0 Å². The molecule has 0 aliphatic rings. The molecule has 1 N–H and O–H groups in total. The molecule has 0 saturated carbocycles. The summed E-state index contributed by atoms with van der Waals surface area (Å²) in [4.78, 5) is 10.7. The van der Waals surface area contributed by atoms with Gasteiger partial charge in [-0.3, -0.25) is 0 Å². The van der Waals surface area contributed by atoms with E-state index in [0.717, 1.165) is 12.8 Å². The van der Waals surface area contributed by atoms with Crippen LogP contribution in [-0.2, 0) is 4.79 Å². The summed E-state index contributed by atoms with van der Waals surface area (Å²) in [6, 6.07) is 0. The van der Waals surface area contributed by atoms with Crippen LogP contribution >= 0.6 is 0 Å². The molecule has 0 bridgehead atoms. The van der Waals surface area contributed by atoms with E-state index in [9.17, 15) is 4.79 Å². The Kier molecular flexibility index (Phi) is 12.4. The Labute approximate surface area is 101 Å². The molecule has 0 unspecified atom stereocenters. The van der Waals surface area contributed by atoms with Crippen molar-refractivity contribution in [2.24, 2.45) is 0 Å². The SMILES string of the molecule is CCCCNCCCCCCCCC(C)=O. The zero-order valence-corrected chi connectivity index (χ0v) is 11.2. The number of hydrogen-bond donors (Lipinski definition) is 1. The largest absolute Gasteiger partial charge is 0.317 e. The second-order valence-corrected chi connectivity index (χ2v) is 4.68. The number of carbonyl (C=O) groups excluding carboxylic acids is 1. The molecule has 0 amide bonds. The van der Waals surface area contributed by atoms with Crippen LogP contribution in [0.3, 0.4) is 0 Å². The zero-order valence-electron chi connectivity index (χ0n) is 11.2. The number of unbranched alkanes of at least 4 members (excludes halogenated alkanes) is 6. The number of carbonyl (C=O) groups is 1.